The molecule has 2 aliphatic heterocycles. The molecule has 2 saturated carbocycles. The number of benzene rings is 1. The Kier molecular flexibility index (Phi) is 5.89. The molecule has 1 aromatic carbocycles. The highest BCUT2D eigenvalue weighted by Gasteiger charge is 2.46. The molecular formula is C24H32N2O5. The molecule has 4 atom stereocenters. The standard InChI is InChI=1S/C24H32N2O5/c27-13-21-23-19(11-17(30-21)12-22(28)25-15-6-1-2-7-15)18-10-16(8-9-20(18)31-23)26-24(29)14-4-3-5-14/h8-10,14-15,17,19,21,23,27H,1-7,11-13H2,(H,25,28)(H,26,29)/t17-,19+,21+,23-/m0/s1. The molecule has 2 amide bonds. The first-order chi connectivity index (χ1) is 15.1. The number of ether oxygens (including phenoxy) is 2. The Morgan fingerprint density at radius 1 is 1.10 bits per heavy atom. The lowest BCUT2D eigenvalue weighted by molar-refractivity contribution is -0.142. The van der Waals surface area contributed by atoms with Gasteiger partial charge >= 0.3 is 0 Å². The quantitative estimate of drug-likeness (QED) is 0.647. The van der Waals surface area contributed by atoms with E-state index in [1.807, 2.05) is 18.2 Å². The van der Waals surface area contributed by atoms with Crippen molar-refractivity contribution in [2.75, 3.05) is 11.9 Å². The van der Waals surface area contributed by atoms with Crippen molar-refractivity contribution >= 4 is 17.5 Å². The first kappa shape index (κ1) is 20.8. The van der Waals surface area contributed by atoms with E-state index in [1.165, 1.54) is 12.8 Å². The molecule has 0 unspecified atom stereocenters. The lowest BCUT2D eigenvalue weighted by Gasteiger charge is -2.37. The van der Waals surface area contributed by atoms with Gasteiger partial charge in [0.15, 0.2) is 0 Å². The predicted octanol–water partition coefficient (Wildman–Crippen LogP) is 2.87. The van der Waals surface area contributed by atoms with E-state index in [2.05, 4.69) is 10.6 Å². The van der Waals surface area contributed by atoms with Gasteiger partial charge in [-0.15, -0.1) is 0 Å². The third-order valence-electron chi connectivity index (χ3n) is 7.38. The van der Waals surface area contributed by atoms with Gasteiger partial charge in [0.2, 0.25) is 11.8 Å². The summed E-state index contributed by atoms with van der Waals surface area (Å²) in [5.41, 5.74) is 1.81. The second kappa shape index (κ2) is 8.79. The van der Waals surface area contributed by atoms with Gasteiger partial charge in [0.1, 0.15) is 18.0 Å². The maximum atomic E-state index is 12.5. The molecule has 0 aromatic heterocycles. The Hall–Kier alpha value is -2.12. The van der Waals surface area contributed by atoms with Crippen LogP contribution >= 0.6 is 0 Å². The molecule has 7 heteroatoms. The number of rotatable bonds is 6. The second-order valence-electron chi connectivity index (χ2n) is 9.53. The Labute approximate surface area is 182 Å². The normalized spacial score (nSPS) is 30.1. The Morgan fingerprint density at radius 2 is 1.90 bits per heavy atom. The van der Waals surface area contributed by atoms with Gasteiger partial charge in [-0.3, -0.25) is 9.59 Å². The Morgan fingerprint density at radius 3 is 2.61 bits per heavy atom. The van der Waals surface area contributed by atoms with Gasteiger partial charge in [0.05, 0.1) is 19.1 Å². The third kappa shape index (κ3) is 4.30. The van der Waals surface area contributed by atoms with Crippen LogP contribution in [0.1, 0.15) is 69.3 Å². The molecule has 0 radical (unpaired) electrons. The average molecular weight is 429 g/mol. The van der Waals surface area contributed by atoms with Crippen LogP contribution in [0, 0.1) is 5.92 Å². The summed E-state index contributed by atoms with van der Waals surface area (Å²) in [4.78, 5) is 24.9. The number of hydrogen-bond acceptors (Lipinski definition) is 5. The number of amides is 2. The molecule has 4 aliphatic rings. The molecule has 2 heterocycles. The van der Waals surface area contributed by atoms with Crippen LogP contribution < -0.4 is 15.4 Å². The van der Waals surface area contributed by atoms with Crippen molar-refractivity contribution in [3.8, 4) is 5.75 Å². The number of carbonyl (C=O) groups excluding carboxylic acids is 2. The largest absolute Gasteiger partial charge is 0.487 e. The molecule has 0 bridgehead atoms. The fourth-order valence-electron chi connectivity index (χ4n) is 5.45. The molecule has 3 fully saturated rings. The zero-order chi connectivity index (χ0) is 21.4. The van der Waals surface area contributed by atoms with Crippen LogP contribution in [-0.4, -0.2) is 47.9 Å². The number of carbonyl (C=O) groups is 2. The van der Waals surface area contributed by atoms with Gasteiger partial charge in [-0.1, -0.05) is 19.3 Å². The summed E-state index contributed by atoms with van der Waals surface area (Å²) in [6.07, 6.45) is 7.46. The van der Waals surface area contributed by atoms with Crippen molar-refractivity contribution in [2.45, 2.75) is 88.1 Å². The van der Waals surface area contributed by atoms with Gasteiger partial charge in [0.25, 0.3) is 0 Å². The van der Waals surface area contributed by atoms with Gasteiger partial charge in [-0.05, 0) is 50.3 Å². The van der Waals surface area contributed by atoms with Crippen molar-refractivity contribution in [2.24, 2.45) is 5.92 Å². The maximum Gasteiger partial charge on any atom is 0.227 e. The molecule has 2 aliphatic carbocycles. The van der Waals surface area contributed by atoms with E-state index in [0.29, 0.717) is 12.8 Å². The molecule has 0 spiro atoms. The fraction of sp³-hybridized carbons (Fsp3) is 0.667. The first-order valence-electron chi connectivity index (χ1n) is 11.8. The maximum absolute atomic E-state index is 12.5. The van der Waals surface area contributed by atoms with Crippen LogP contribution in [0.2, 0.25) is 0 Å². The van der Waals surface area contributed by atoms with Crippen LogP contribution in [0.15, 0.2) is 18.2 Å². The van der Waals surface area contributed by atoms with Crippen molar-refractivity contribution in [1.82, 2.24) is 5.32 Å². The van der Waals surface area contributed by atoms with Gasteiger partial charge in [-0.2, -0.15) is 0 Å². The Bertz CT molecular complexity index is 833. The molecular weight excluding hydrogens is 396 g/mol. The molecule has 3 N–H and O–H groups in total. The van der Waals surface area contributed by atoms with E-state index in [-0.39, 0.29) is 48.5 Å². The summed E-state index contributed by atoms with van der Waals surface area (Å²) in [5.74, 6) is 1.04. The van der Waals surface area contributed by atoms with Crippen molar-refractivity contribution in [3.05, 3.63) is 23.8 Å². The van der Waals surface area contributed by atoms with Crippen molar-refractivity contribution in [1.29, 1.82) is 0 Å². The summed E-state index contributed by atoms with van der Waals surface area (Å²) < 4.78 is 12.2. The highest BCUT2D eigenvalue weighted by Crippen LogP contribution is 2.47. The highest BCUT2D eigenvalue weighted by molar-refractivity contribution is 5.93. The molecule has 168 valence electrons. The minimum absolute atomic E-state index is 0.0210. The fourth-order valence-corrected chi connectivity index (χ4v) is 5.45. The molecule has 7 nitrogen and oxygen atoms in total. The van der Waals surface area contributed by atoms with Gasteiger partial charge < -0.3 is 25.2 Å². The summed E-state index contributed by atoms with van der Waals surface area (Å²) in [6.45, 7) is -0.152. The number of hydrogen-bond donors (Lipinski definition) is 3. The number of nitrogens with one attached hydrogen (secondary N) is 2. The average Bonchev–Trinajstić information content (AvgIpc) is 3.33. The molecule has 5 rings (SSSR count). The van der Waals surface area contributed by atoms with Crippen LogP contribution in [0.5, 0.6) is 5.75 Å². The van der Waals surface area contributed by atoms with Gasteiger partial charge in [-0.25, -0.2) is 0 Å². The predicted molar refractivity (Wildman–Crippen MR) is 115 cm³/mol. The van der Waals surface area contributed by atoms with Crippen LogP contribution in [0.25, 0.3) is 0 Å². The summed E-state index contributed by atoms with van der Waals surface area (Å²) in [5, 5.41) is 16.1. The molecule has 1 saturated heterocycles. The summed E-state index contributed by atoms with van der Waals surface area (Å²) in [7, 11) is 0. The SMILES string of the molecule is O=C(C[C@@H]1C[C@@H]2c3cc(NC(=O)C4CCC4)ccc3O[C@@H]2[C@@H](CO)O1)NC1CCCC1. The van der Waals surface area contributed by atoms with Gasteiger partial charge in [0, 0.05) is 29.1 Å². The summed E-state index contributed by atoms with van der Waals surface area (Å²) in [6, 6.07) is 6.04. The van der Waals surface area contributed by atoms with E-state index >= 15 is 0 Å². The van der Waals surface area contributed by atoms with E-state index in [0.717, 1.165) is 49.1 Å². The molecule has 1 aromatic rings. The van der Waals surface area contributed by atoms with E-state index in [9.17, 15) is 14.7 Å². The molecule has 31 heavy (non-hydrogen) atoms. The minimum Gasteiger partial charge on any atom is -0.487 e. The zero-order valence-electron chi connectivity index (χ0n) is 17.8. The van der Waals surface area contributed by atoms with E-state index < -0.39 is 6.10 Å². The topological polar surface area (TPSA) is 96.9 Å². The smallest absolute Gasteiger partial charge is 0.227 e. The Balaban J connectivity index is 1.27. The van der Waals surface area contributed by atoms with Crippen molar-refractivity contribution < 1.29 is 24.2 Å². The number of anilines is 1. The van der Waals surface area contributed by atoms with Crippen LogP contribution in [-0.2, 0) is 14.3 Å². The second-order valence-corrected chi connectivity index (χ2v) is 9.53. The monoisotopic (exact) mass is 428 g/mol. The lowest BCUT2D eigenvalue weighted by atomic mass is 9.83. The van der Waals surface area contributed by atoms with Crippen LogP contribution in [0.4, 0.5) is 5.69 Å². The third-order valence-corrected chi connectivity index (χ3v) is 7.38. The number of fused-ring (bicyclic) bond motifs is 3. The number of aliphatic hydroxyl groups excluding tert-OH is 1. The zero-order valence-corrected chi connectivity index (χ0v) is 17.8. The lowest BCUT2D eigenvalue weighted by Crippen LogP contribution is -2.47. The van der Waals surface area contributed by atoms with E-state index in [1.54, 1.807) is 0 Å². The summed E-state index contributed by atoms with van der Waals surface area (Å²) >= 11 is 0. The van der Waals surface area contributed by atoms with Crippen LogP contribution in [0.3, 0.4) is 0 Å². The van der Waals surface area contributed by atoms with Crippen molar-refractivity contribution in [3.63, 3.8) is 0 Å². The first-order valence-corrected chi connectivity index (χ1v) is 11.8. The number of aliphatic hydroxyl groups is 1. The van der Waals surface area contributed by atoms with E-state index in [4.69, 9.17) is 9.47 Å². The highest BCUT2D eigenvalue weighted by atomic mass is 16.6. The minimum atomic E-state index is -0.469.